The second-order valence-corrected chi connectivity index (χ2v) is 5.04. The third kappa shape index (κ3) is 4.51. The molecule has 0 aromatic heterocycles. The van der Waals surface area contributed by atoms with Gasteiger partial charge in [-0.2, -0.15) is 0 Å². The number of nitrogens with two attached hydrogens (primary N) is 1. The largest absolute Gasteiger partial charge is 0.490 e. The molecule has 1 aliphatic rings. The molecule has 1 aliphatic heterocycles. The molecule has 1 fully saturated rings. The minimum atomic E-state index is -0.824. The van der Waals surface area contributed by atoms with Crippen molar-refractivity contribution in [2.75, 3.05) is 13.2 Å². The first-order valence-electron chi connectivity index (χ1n) is 6.97. The standard InChI is InChI=1S/C15H21NO4/c16-14(4-5-15(17)18)11-2-1-3-13(10-11)20-12-6-8-19-9-7-12/h1-3,10,12,14H,4-9,16H2,(H,17,18). The average Bonchev–Trinajstić information content (AvgIpc) is 2.46. The lowest BCUT2D eigenvalue weighted by atomic mass is 10.0. The molecule has 5 nitrogen and oxygen atoms in total. The Morgan fingerprint density at radius 3 is 2.90 bits per heavy atom. The van der Waals surface area contributed by atoms with Crippen molar-refractivity contribution in [2.24, 2.45) is 5.73 Å². The second-order valence-electron chi connectivity index (χ2n) is 5.04. The first kappa shape index (κ1) is 14.8. The molecular weight excluding hydrogens is 258 g/mol. The molecule has 1 aromatic rings. The van der Waals surface area contributed by atoms with E-state index in [0.717, 1.165) is 37.4 Å². The molecule has 110 valence electrons. The van der Waals surface area contributed by atoms with Gasteiger partial charge in [0.25, 0.3) is 0 Å². The number of rotatable bonds is 6. The van der Waals surface area contributed by atoms with Gasteiger partial charge in [-0.25, -0.2) is 0 Å². The normalized spacial score (nSPS) is 17.6. The van der Waals surface area contributed by atoms with E-state index in [2.05, 4.69) is 0 Å². The maximum absolute atomic E-state index is 10.6. The number of ether oxygens (including phenoxy) is 2. The number of carbonyl (C=O) groups is 1. The minimum Gasteiger partial charge on any atom is -0.490 e. The van der Waals surface area contributed by atoms with Gasteiger partial charge in [0.2, 0.25) is 0 Å². The summed E-state index contributed by atoms with van der Waals surface area (Å²) < 4.78 is 11.2. The summed E-state index contributed by atoms with van der Waals surface area (Å²) in [5, 5.41) is 8.69. The average molecular weight is 279 g/mol. The van der Waals surface area contributed by atoms with E-state index in [1.807, 2.05) is 24.3 Å². The maximum Gasteiger partial charge on any atom is 0.303 e. The Morgan fingerprint density at radius 2 is 2.20 bits per heavy atom. The van der Waals surface area contributed by atoms with Crippen molar-refractivity contribution in [2.45, 2.75) is 37.8 Å². The lowest BCUT2D eigenvalue weighted by Gasteiger charge is -2.23. The van der Waals surface area contributed by atoms with Gasteiger partial charge < -0.3 is 20.3 Å². The van der Waals surface area contributed by atoms with Crippen molar-refractivity contribution in [3.8, 4) is 5.75 Å². The van der Waals surface area contributed by atoms with Crippen molar-refractivity contribution in [1.82, 2.24) is 0 Å². The summed E-state index contributed by atoms with van der Waals surface area (Å²) >= 11 is 0. The zero-order valence-corrected chi connectivity index (χ0v) is 11.5. The van der Waals surface area contributed by atoms with Gasteiger partial charge in [0, 0.05) is 25.3 Å². The van der Waals surface area contributed by atoms with Gasteiger partial charge in [-0.3, -0.25) is 4.79 Å². The minimum absolute atomic E-state index is 0.0756. The number of carboxylic acids is 1. The monoisotopic (exact) mass is 279 g/mol. The lowest BCUT2D eigenvalue weighted by molar-refractivity contribution is -0.137. The summed E-state index contributed by atoms with van der Waals surface area (Å²) in [4.78, 5) is 10.6. The smallest absolute Gasteiger partial charge is 0.303 e. The van der Waals surface area contributed by atoms with Crippen LogP contribution in [0.1, 0.15) is 37.3 Å². The number of benzene rings is 1. The highest BCUT2D eigenvalue weighted by molar-refractivity contribution is 5.66. The molecule has 0 saturated carbocycles. The molecule has 0 aliphatic carbocycles. The van der Waals surface area contributed by atoms with Crippen LogP contribution in [0, 0.1) is 0 Å². The zero-order valence-electron chi connectivity index (χ0n) is 11.5. The van der Waals surface area contributed by atoms with Gasteiger partial charge >= 0.3 is 5.97 Å². The number of carboxylic acid groups (broad SMARTS) is 1. The van der Waals surface area contributed by atoms with Gasteiger partial charge in [0.15, 0.2) is 0 Å². The predicted octanol–water partition coefficient (Wildman–Crippen LogP) is 2.11. The molecule has 1 unspecified atom stereocenters. The van der Waals surface area contributed by atoms with Crippen LogP contribution in [0.2, 0.25) is 0 Å². The molecule has 0 bridgehead atoms. The zero-order chi connectivity index (χ0) is 14.4. The predicted molar refractivity (Wildman–Crippen MR) is 74.7 cm³/mol. The molecule has 2 rings (SSSR count). The molecule has 5 heteroatoms. The van der Waals surface area contributed by atoms with Gasteiger partial charge in [0.1, 0.15) is 11.9 Å². The van der Waals surface area contributed by atoms with Crippen molar-refractivity contribution >= 4 is 5.97 Å². The van der Waals surface area contributed by atoms with Gasteiger partial charge in [-0.1, -0.05) is 12.1 Å². The van der Waals surface area contributed by atoms with Crippen LogP contribution >= 0.6 is 0 Å². The highest BCUT2D eigenvalue weighted by Gasteiger charge is 2.16. The Morgan fingerprint density at radius 1 is 1.45 bits per heavy atom. The van der Waals surface area contributed by atoms with Gasteiger partial charge in [-0.15, -0.1) is 0 Å². The maximum atomic E-state index is 10.6. The fraction of sp³-hybridized carbons (Fsp3) is 0.533. The molecular formula is C15H21NO4. The lowest BCUT2D eigenvalue weighted by Crippen LogP contribution is -2.26. The molecule has 1 saturated heterocycles. The Labute approximate surface area is 118 Å². The summed E-state index contributed by atoms with van der Waals surface area (Å²) in [6.45, 7) is 1.48. The topological polar surface area (TPSA) is 81.8 Å². The molecule has 1 atom stereocenters. The molecule has 3 N–H and O–H groups in total. The summed E-state index contributed by atoms with van der Waals surface area (Å²) in [7, 11) is 0. The van der Waals surface area contributed by atoms with Gasteiger partial charge in [-0.05, 0) is 24.1 Å². The van der Waals surface area contributed by atoms with Crippen molar-refractivity contribution in [3.05, 3.63) is 29.8 Å². The van der Waals surface area contributed by atoms with E-state index in [4.69, 9.17) is 20.3 Å². The second kappa shape index (κ2) is 7.26. The van der Waals surface area contributed by atoms with E-state index in [9.17, 15) is 4.79 Å². The van der Waals surface area contributed by atoms with E-state index >= 15 is 0 Å². The van der Waals surface area contributed by atoms with Crippen molar-refractivity contribution in [3.63, 3.8) is 0 Å². The van der Waals surface area contributed by atoms with E-state index < -0.39 is 5.97 Å². The van der Waals surface area contributed by atoms with Crippen LogP contribution in [0.25, 0.3) is 0 Å². The highest BCUT2D eigenvalue weighted by Crippen LogP contribution is 2.23. The highest BCUT2D eigenvalue weighted by atomic mass is 16.5. The number of hydrogen-bond acceptors (Lipinski definition) is 4. The first-order chi connectivity index (χ1) is 9.65. The van der Waals surface area contributed by atoms with Crippen LogP contribution in [-0.2, 0) is 9.53 Å². The molecule has 20 heavy (non-hydrogen) atoms. The Kier molecular flexibility index (Phi) is 5.38. The molecule has 0 radical (unpaired) electrons. The Balaban J connectivity index is 1.94. The quantitative estimate of drug-likeness (QED) is 0.833. The third-order valence-corrected chi connectivity index (χ3v) is 3.43. The third-order valence-electron chi connectivity index (χ3n) is 3.43. The molecule has 1 aromatic carbocycles. The van der Waals surface area contributed by atoms with E-state index in [-0.39, 0.29) is 18.6 Å². The fourth-order valence-electron chi connectivity index (χ4n) is 2.25. The van der Waals surface area contributed by atoms with Gasteiger partial charge in [0.05, 0.1) is 13.2 Å². The summed E-state index contributed by atoms with van der Waals surface area (Å²) in [5.74, 6) is -0.0322. The van der Waals surface area contributed by atoms with Crippen LogP contribution in [0.15, 0.2) is 24.3 Å². The summed E-state index contributed by atoms with van der Waals surface area (Å²) in [6, 6.07) is 7.34. The Hall–Kier alpha value is -1.59. The van der Waals surface area contributed by atoms with Crippen molar-refractivity contribution < 1.29 is 19.4 Å². The van der Waals surface area contributed by atoms with E-state index in [1.165, 1.54) is 0 Å². The van der Waals surface area contributed by atoms with Crippen LogP contribution in [-0.4, -0.2) is 30.4 Å². The summed E-state index contributed by atoms with van der Waals surface area (Å²) in [5.41, 5.74) is 6.92. The molecule has 0 spiro atoms. The van der Waals surface area contributed by atoms with Crippen LogP contribution < -0.4 is 10.5 Å². The molecule has 1 heterocycles. The summed E-state index contributed by atoms with van der Waals surface area (Å²) in [6.07, 6.45) is 2.49. The van der Waals surface area contributed by atoms with E-state index in [1.54, 1.807) is 0 Å². The number of aliphatic carboxylic acids is 1. The van der Waals surface area contributed by atoms with Crippen LogP contribution in [0.4, 0.5) is 0 Å². The Bertz CT molecular complexity index is 443. The first-order valence-corrected chi connectivity index (χ1v) is 6.97. The fourth-order valence-corrected chi connectivity index (χ4v) is 2.25. The van der Waals surface area contributed by atoms with Crippen LogP contribution in [0.3, 0.4) is 0 Å². The molecule has 0 amide bonds. The van der Waals surface area contributed by atoms with Crippen LogP contribution in [0.5, 0.6) is 5.75 Å². The van der Waals surface area contributed by atoms with Crippen molar-refractivity contribution in [1.29, 1.82) is 0 Å². The SMILES string of the molecule is NC(CCC(=O)O)c1cccc(OC2CCOCC2)c1. The van der Waals surface area contributed by atoms with E-state index in [0.29, 0.717) is 6.42 Å². The number of hydrogen-bond donors (Lipinski definition) is 2.